The number of allylic oxidation sites excluding steroid dienone is 2. The molecule has 1 saturated heterocycles. The predicted molar refractivity (Wildman–Crippen MR) is 218 cm³/mol. The van der Waals surface area contributed by atoms with Crippen LogP contribution < -0.4 is 10.6 Å². The largest absolute Gasteiger partial charge is 0.390 e. The zero-order chi connectivity index (χ0) is 37.5. The topological polar surface area (TPSA) is 98.7 Å². The van der Waals surface area contributed by atoms with E-state index in [-0.39, 0.29) is 38.9 Å². The second-order valence-corrected chi connectivity index (χ2v) is 22.7. The molecular formula is C44H74N2O4S2. The number of rotatable bonds is 13. The van der Waals surface area contributed by atoms with Crippen LogP contribution in [-0.4, -0.2) is 58.3 Å². The summed E-state index contributed by atoms with van der Waals surface area (Å²) in [6.45, 7) is 18.3. The Morgan fingerprint density at radius 1 is 0.846 bits per heavy atom. The van der Waals surface area contributed by atoms with Crippen molar-refractivity contribution in [1.29, 1.82) is 0 Å². The summed E-state index contributed by atoms with van der Waals surface area (Å²) in [6, 6.07) is 0. The SMILES string of the molecule is C[C@H]1[C@H](C)CC[C@]2(C(=O)NCCCCCCNC(=O)CCCCC3CCSS3)CC[C@]3(C)C(=CC[C@@H]4[C@@]5(C)C[C@@H](O)[C@H](O)C(C)(C)[C@@H]5CC[C@]43C)[C@H]12. The summed E-state index contributed by atoms with van der Waals surface area (Å²) in [6.07, 6.45) is 18.8. The van der Waals surface area contributed by atoms with Gasteiger partial charge in [-0.3, -0.25) is 9.59 Å². The third-order valence-corrected chi connectivity index (χ3v) is 20.0. The van der Waals surface area contributed by atoms with E-state index in [1.807, 2.05) is 21.6 Å². The maximum absolute atomic E-state index is 14.5. The van der Waals surface area contributed by atoms with Crippen molar-refractivity contribution in [2.24, 2.45) is 56.7 Å². The summed E-state index contributed by atoms with van der Waals surface area (Å²) in [5.74, 6) is 3.94. The zero-order valence-corrected chi connectivity index (χ0v) is 35.5. The molecule has 0 spiro atoms. The van der Waals surface area contributed by atoms with Gasteiger partial charge in [0.2, 0.25) is 11.8 Å². The molecule has 52 heavy (non-hydrogen) atoms. The van der Waals surface area contributed by atoms with E-state index in [4.69, 9.17) is 0 Å². The Labute approximate surface area is 324 Å². The Bertz CT molecular complexity index is 1320. The second-order valence-electron chi connectivity index (χ2n) is 19.9. The van der Waals surface area contributed by atoms with Gasteiger partial charge in [0.05, 0.1) is 17.6 Å². The van der Waals surface area contributed by atoms with Crippen molar-refractivity contribution in [2.45, 2.75) is 175 Å². The van der Waals surface area contributed by atoms with Crippen LogP contribution in [0.15, 0.2) is 11.6 Å². The summed E-state index contributed by atoms with van der Waals surface area (Å²) in [5, 5.41) is 29.7. The smallest absolute Gasteiger partial charge is 0.226 e. The monoisotopic (exact) mass is 759 g/mol. The Balaban J connectivity index is 1.04. The maximum Gasteiger partial charge on any atom is 0.226 e. The van der Waals surface area contributed by atoms with E-state index in [0.29, 0.717) is 42.4 Å². The fraction of sp³-hybridized carbons (Fsp3) is 0.909. The standard InChI is InChI=1S/C44H74N2O4S2/c1-29-18-22-44(39(50)46-26-13-9-8-12-25-45-36(48)15-11-10-14-31-20-27-51-52-31)24-23-42(6)32(37(44)30(29)2)16-17-35-41(5)28-33(47)38(49)40(3,4)34(41)19-21-43(35,42)7/h16,29-31,33-35,37-38,47,49H,8-15,17-28H2,1-7H3,(H,45,48)(H,46,50)/t29-,30+,31?,33-,34+,35-,37+,38+,41+,42-,43-,44+/m1/s1. The Morgan fingerprint density at radius 2 is 1.58 bits per heavy atom. The van der Waals surface area contributed by atoms with Crippen molar-refractivity contribution < 1.29 is 19.8 Å². The van der Waals surface area contributed by atoms with Gasteiger partial charge >= 0.3 is 0 Å². The van der Waals surface area contributed by atoms with Crippen LogP contribution in [0, 0.1) is 56.7 Å². The number of carbonyl (C=O) groups is 2. The van der Waals surface area contributed by atoms with Crippen molar-refractivity contribution in [3.8, 4) is 0 Å². The van der Waals surface area contributed by atoms with E-state index in [1.165, 1.54) is 18.6 Å². The number of hydrogen-bond donors (Lipinski definition) is 4. The van der Waals surface area contributed by atoms with Crippen LogP contribution in [0.3, 0.4) is 0 Å². The molecule has 296 valence electrons. The average Bonchev–Trinajstić information content (AvgIpc) is 3.62. The van der Waals surface area contributed by atoms with Gasteiger partial charge in [-0.1, -0.05) is 101 Å². The zero-order valence-electron chi connectivity index (χ0n) is 33.9. The maximum atomic E-state index is 14.5. The minimum atomic E-state index is -0.677. The lowest BCUT2D eigenvalue weighted by Crippen LogP contribution is -2.67. The van der Waals surface area contributed by atoms with Crippen molar-refractivity contribution >= 4 is 33.4 Å². The van der Waals surface area contributed by atoms with E-state index in [1.54, 1.807) is 5.57 Å². The third-order valence-electron chi connectivity index (χ3n) is 17.0. The molecule has 6 aliphatic rings. The van der Waals surface area contributed by atoms with Crippen LogP contribution in [0.1, 0.15) is 158 Å². The van der Waals surface area contributed by atoms with Gasteiger partial charge in [-0.25, -0.2) is 0 Å². The van der Waals surface area contributed by atoms with E-state index < -0.39 is 12.2 Å². The van der Waals surface area contributed by atoms with Crippen LogP contribution in [0.25, 0.3) is 0 Å². The van der Waals surface area contributed by atoms with Crippen LogP contribution >= 0.6 is 21.6 Å². The van der Waals surface area contributed by atoms with Crippen molar-refractivity contribution in [1.82, 2.24) is 10.6 Å². The molecule has 6 rings (SSSR count). The minimum absolute atomic E-state index is 0.0259. The van der Waals surface area contributed by atoms with Crippen LogP contribution in [0.5, 0.6) is 0 Å². The molecule has 1 heterocycles. The molecule has 4 saturated carbocycles. The average molecular weight is 759 g/mol. The Kier molecular flexibility index (Phi) is 12.6. The number of carbonyl (C=O) groups excluding carboxylic acids is 2. The molecule has 0 aromatic rings. The first-order chi connectivity index (χ1) is 24.6. The molecular weight excluding hydrogens is 685 g/mol. The summed E-state index contributed by atoms with van der Waals surface area (Å²) in [5.41, 5.74) is 1.03. The second kappa shape index (κ2) is 16.0. The first-order valence-electron chi connectivity index (χ1n) is 21.5. The molecule has 0 bridgehead atoms. The van der Waals surface area contributed by atoms with Gasteiger partial charge in [0.1, 0.15) is 0 Å². The van der Waals surface area contributed by atoms with Gasteiger partial charge in [0.15, 0.2) is 0 Å². The molecule has 0 aromatic heterocycles. The Hall–Kier alpha value is -0.700. The summed E-state index contributed by atoms with van der Waals surface area (Å²) in [7, 11) is 4.02. The molecule has 12 atom stereocenters. The molecule has 2 amide bonds. The quantitative estimate of drug-likeness (QED) is 0.0849. The van der Waals surface area contributed by atoms with E-state index in [0.717, 1.165) is 102 Å². The molecule has 0 aromatic carbocycles. The summed E-state index contributed by atoms with van der Waals surface area (Å²) >= 11 is 0. The van der Waals surface area contributed by atoms with Gasteiger partial charge in [-0.05, 0) is 135 Å². The number of fused-ring (bicyclic) bond motifs is 7. The molecule has 1 unspecified atom stereocenters. The highest BCUT2D eigenvalue weighted by Crippen LogP contribution is 2.75. The number of unbranched alkanes of at least 4 members (excludes halogenated alkanes) is 4. The molecule has 1 aliphatic heterocycles. The summed E-state index contributed by atoms with van der Waals surface area (Å²) < 4.78 is 0. The van der Waals surface area contributed by atoms with Gasteiger partial charge in [-0.15, -0.1) is 0 Å². The first kappa shape index (κ1) is 40.9. The lowest BCUT2D eigenvalue weighted by atomic mass is 9.33. The normalized spacial score (nSPS) is 43.7. The third kappa shape index (κ3) is 7.21. The van der Waals surface area contributed by atoms with Gasteiger partial charge in [0, 0.05) is 30.5 Å². The molecule has 8 heteroatoms. The van der Waals surface area contributed by atoms with Crippen LogP contribution in [-0.2, 0) is 9.59 Å². The minimum Gasteiger partial charge on any atom is -0.390 e. The number of hydrogen-bond acceptors (Lipinski definition) is 6. The van der Waals surface area contributed by atoms with E-state index in [2.05, 4.69) is 65.2 Å². The number of aliphatic hydroxyl groups is 2. The van der Waals surface area contributed by atoms with Gasteiger partial charge in [-0.2, -0.15) is 0 Å². The molecule has 0 radical (unpaired) electrons. The highest BCUT2D eigenvalue weighted by Gasteiger charge is 2.70. The number of aliphatic hydroxyl groups excluding tert-OH is 2. The molecule has 6 nitrogen and oxygen atoms in total. The lowest BCUT2D eigenvalue weighted by molar-refractivity contribution is -0.231. The molecule has 4 N–H and O–H groups in total. The number of amides is 2. The fourth-order valence-electron chi connectivity index (χ4n) is 13.5. The fourth-order valence-corrected chi connectivity index (χ4v) is 16.6. The van der Waals surface area contributed by atoms with Crippen molar-refractivity contribution in [2.75, 3.05) is 18.8 Å². The van der Waals surface area contributed by atoms with Gasteiger partial charge < -0.3 is 20.8 Å². The Morgan fingerprint density at radius 3 is 2.29 bits per heavy atom. The van der Waals surface area contributed by atoms with Crippen molar-refractivity contribution in [3.63, 3.8) is 0 Å². The van der Waals surface area contributed by atoms with Crippen LogP contribution in [0.2, 0.25) is 0 Å². The van der Waals surface area contributed by atoms with E-state index >= 15 is 0 Å². The molecule has 5 fully saturated rings. The lowest BCUT2D eigenvalue weighted by Gasteiger charge is -2.71. The highest BCUT2D eigenvalue weighted by atomic mass is 33.1. The summed E-state index contributed by atoms with van der Waals surface area (Å²) in [4.78, 5) is 26.8. The van der Waals surface area contributed by atoms with Crippen LogP contribution in [0.4, 0.5) is 0 Å². The first-order valence-corrected chi connectivity index (χ1v) is 23.9. The van der Waals surface area contributed by atoms with Gasteiger partial charge in [0.25, 0.3) is 0 Å². The number of nitrogens with one attached hydrogen (secondary N) is 2. The molecule has 5 aliphatic carbocycles. The van der Waals surface area contributed by atoms with E-state index in [9.17, 15) is 19.8 Å². The highest BCUT2D eigenvalue weighted by molar-refractivity contribution is 8.77. The van der Waals surface area contributed by atoms with Crippen molar-refractivity contribution in [3.05, 3.63) is 11.6 Å². The predicted octanol–water partition coefficient (Wildman–Crippen LogP) is 9.48.